The van der Waals surface area contributed by atoms with Gasteiger partial charge >= 0.3 is 0 Å². The highest BCUT2D eigenvalue weighted by molar-refractivity contribution is 7.91. The summed E-state index contributed by atoms with van der Waals surface area (Å²) in [5, 5.41) is 3.93. The van der Waals surface area contributed by atoms with Crippen molar-refractivity contribution in [1.82, 2.24) is 14.7 Å². The molecule has 0 amide bonds. The number of aryl methyl sites for hydroxylation is 1. The zero-order chi connectivity index (χ0) is 13.3. The molecular formula is C12H21N3O2S. The summed E-state index contributed by atoms with van der Waals surface area (Å²) in [4.78, 5) is 2.15. The van der Waals surface area contributed by atoms with Crippen molar-refractivity contribution in [3.05, 3.63) is 18.0 Å². The minimum Gasteiger partial charge on any atom is -0.298 e. The van der Waals surface area contributed by atoms with E-state index < -0.39 is 9.84 Å². The molecule has 2 rings (SSSR count). The molecule has 1 heterocycles. The van der Waals surface area contributed by atoms with E-state index in [2.05, 4.69) is 10.00 Å². The molecule has 0 spiro atoms. The molecular weight excluding hydrogens is 250 g/mol. The smallest absolute Gasteiger partial charge is 0.151 e. The lowest BCUT2D eigenvalue weighted by Gasteiger charge is -2.28. The van der Waals surface area contributed by atoms with Crippen LogP contribution in [-0.2, 0) is 23.4 Å². The van der Waals surface area contributed by atoms with Gasteiger partial charge in [-0.05, 0) is 19.9 Å². The van der Waals surface area contributed by atoms with Crippen LogP contribution >= 0.6 is 0 Å². The zero-order valence-corrected chi connectivity index (χ0v) is 12.0. The van der Waals surface area contributed by atoms with Gasteiger partial charge in [-0.25, -0.2) is 8.42 Å². The lowest BCUT2D eigenvalue weighted by molar-refractivity contribution is 0.238. The van der Waals surface area contributed by atoms with E-state index in [0.717, 1.165) is 31.4 Å². The van der Waals surface area contributed by atoms with Crippen molar-refractivity contribution in [1.29, 1.82) is 0 Å². The number of rotatable bonds is 4. The first kappa shape index (κ1) is 13.5. The highest BCUT2D eigenvalue weighted by Gasteiger charge is 2.37. The van der Waals surface area contributed by atoms with Crippen LogP contribution in [0, 0.1) is 0 Å². The Balaban J connectivity index is 2.06. The highest BCUT2D eigenvalue weighted by atomic mass is 32.2. The number of sulfone groups is 1. The Morgan fingerprint density at radius 2 is 2.22 bits per heavy atom. The number of nitrogens with zero attached hydrogens (tertiary/aromatic N) is 3. The topological polar surface area (TPSA) is 55.2 Å². The molecule has 1 aromatic rings. The standard InChI is InChI=1S/C12H21N3O2S/c1-14(8-10-7-13-15(2)9-10)11-5-4-6-12(11)18(3,16)17/h7,9,11-12H,4-6,8H2,1-3H3/t11-,12+/m1/s1. The summed E-state index contributed by atoms with van der Waals surface area (Å²) in [5.41, 5.74) is 1.12. The summed E-state index contributed by atoms with van der Waals surface area (Å²) in [5.74, 6) is 0. The van der Waals surface area contributed by atoms with Gasteiger partial charge in [0, 0.05) is 37.7 Å². The molecule has 1 fully saturated rings. The summed E-state index contributed by atoms with van der Waals surface area (Å²) in [7, 11) is 0.942. The van der Waals surface area contributed by atoms with E-state index in [1.165, 1.54) is 6.26 Å². The Morgan fingerprint density at radius 3 is 2.78 bits per heavy atom. The normalized spacial score (nSPS) is 24.9. The summed E-state index contributed by atoms with van der Waals surface area (Å²) in [6.45, 7) is 0.754. The Morgan fingerprint density at radius 1 is 1.50 bits per heavy atom. The van der Waals surface area contributed by atoms with Crippen molar-refractivity contribution in [2.75, 3.05) is 13.3 Å². The third-order valence-electron chi connectivity index (χ3n) is 3.72. The zero-order valence-electron chi connectivity index (χ0n) is 11.2. The fourth-order valence-electron chi connectivity index (χ4n) is 2.87. The van der Waals surface area contributed by atoms with Crippen LogP contribution in [0.1, 0.15) is 24.8 Å². The lowest BCUT2D eigenvalue weighted by Crippen LogP contribution is -2.40. The molecule has 1 aromatic heterocycles. The summed E-state index contributed by atoms with van der Waals surface area (Å²) in [6.07, 6.45) is 7.92. The van der Waals surface area contributed by atoms with E-state index in [0.29, 0.717) is 0 Å². The van der Waals surface area contributed by atoms with Crippen molar-refractivity contribution in [3.63, 3.8) is 0 Å². The number of hydrogen-bond donors (Lipinski definition) is 0. The second-order valence-electron chi connectivity index (χ2n) is 5.30. The predicted molar refractivity (Wildman–Crippen MR) is 70.9 cm³/mol. The predicted octanol–water partition coefficient (Wildman–Crippen LogP) is 0.818. The maximum atomic E-state index is 11.8. The molecule has 0 bridgehead atoms. The van der Waals surface area contributed by atoms with E-state index >= 15 is 0 Å². The molecule has 0 radical (unpaired) electrons. The van der Waals surface area contributed by atoms with Gasteiger partial charge in [0.2, 0.25) is 0 Å². The Bertz CT molecular complexity index is 509. The van der Waals surface area contributed by atoms with Gasteiger partial charge in [0.25, 0.3) is 0 Å². The minimum absolute atomic E-state index is 0.139. The average Bonchev–Trinajstić information content (AvgIpc) is 2.85. The van der Waals surface area contributed by atoms with Crippen LogP contribution < -0.4 is 0 Å². The SMILES string of the molecule is CN(Cc1cnn(C)c1)[C@@H]1CCC[C@@H]1S(C)(=O)=O. The molecule has 5 nitrogen and oxygen atoms in total. The van der Waals surface area contributed by atoms with E-state index in [9.17, 15) is 8.42 Å². The van der Waals surface area contributed by atoms with Crippen LogP contribution in [0.15, 0.2) is 12.4 Å². The third-order valence-corrected chi connectivity index (χ3v) is 5.37. The van der Waals surface area contributed by atoms with E-state index in [1.54, 1.807) is 4.68 Å². The molecule has 6 heteroatoms. The third kappa shape index (κ3) is 2.92. The molecule has 18 heavy (non-hydrogen) atoms. The molecule has 0 aromatic carbocycles. The first-order valence-electron chi connectivity index (χ1n) is 6.24. The summed E-state index contributed by atoms with van der Waals surface area (Å²) in [6, 6.07) is 0.139. The van der Waals surface area contributed by atoms with Crippen LogP contribution in [0.5, 0.6) is 0 Å². The second-order valence-corrected chi connectivity index (χ2v) is 7.57. The average molecular weight is 271 g/mol. The molecule has 0 saturated heterocycles. The van der Waals surface area contributed by atoms with E-state index in [-0.39, 0.29) is 11.3 Å². The first-order chi connectivity index (χ1) is 8.38. The van der Waals surface area contributed by atoms with Gasteiger partial charge in [-0.15, -0.1) is 0 Å². The van der Waals surface area contributed by atoms with Crippen LogP contribution in [0.4, 0.5) is 0 Å². The lowest BCUT2D eigenvalue weighted by atomic mass is 10.2. The van der Waals surface area contributed by atoms with Crippen LogP contribution in [-0.4, -0.2) is 47.7 Å². The first-order valence-corrected chi connectivity index (χ1v) is 8.20. The molecule has 1 saturated carbocycles. The molecule has 2 atom stereocenters. The second kappa shape index (κ2) is 5.01. The molecule has 0 aliphatic heterocycles. The number of hydrogen-bond acceptors (Lipinski definition) is 4. The van der Waals surface area contributed by atoms with Crippen molar-refractivity contribution in [2.24, 2.45) is 7.05 Å². The fourth-order valence-corrected chi connectivity index (χ4v) is 4.38. The van der Waals surface area contributed by atoms with Gasteiger partial charge < -0.3 is 0 Å². The van der Waals surface area contributed by atoms with Gasteiger partial charge in [0.1, 0.15) is 0 Å². The van der Waals surface area contributed by atoms with E-state index in [4.69, 9.17) is 0 Å². The van der Waals surface area contributed by atoms with Crippen LogP contribution in [0.25, 0.3) is 0 Å². The van der Waals surface area contributed by atoms with Gasteiger partial charge in [-0.1, -0.05) is 6.42 Å². The number of aromatic nitrogens is 2. The van der Waals surface area contributed by atoms with Crippen molar-refractivity contribution >= 4 is 9.84 Å². The molecule has 0 unspecified atom stereocenters. The molecule has 1 aliphatic rings. The summed E-state index contributed by atoms with van der Waals surface area (Å²) >= 11 is 0. The summed E-state index contributed by atoms with van der Waals surface area (Å²) < 4.78 is 25.3. The van der Waals surface area contributed by atoms with Gasteiger partial charge in [0.05, 0.1) is 11.4 Å². The van der Waals surface area contributed by atoms with Gasteiger partial charge in [0.15, 0.2) is 9.84 Å². The van der Waals surface area contributed by atoms with E-state index in [1.807, 2.05) is 26.5 Å². The van der Waals surface area contributed by atoms with Gasteiger partial charge in [-0.3, -0.25) is 9.58 Å². The van der Waals surface area contributed by atoms with Crippen molar-refractivity contribution < 1.29 is 8.42 Å². The Hall–Kier alpha value is -0.880. The van der Waals surface area contributed by atoms with Crippen LogP contribution in [0.3, 0.4) is 0 Å². The molecule has 0 N–H and O–H groups in total. The Kier molecular flexibility index (Phi) is 3.77. The monoisotopic (exact) mass is 271 g/mol. The Labute approximate surface area is 109 Å². The van der Waals surface area contributed by atoms with Crippen molar-refractivity contribution in [3.8, 4) is 0 Å². The fraction of sp³-hybridized carbons (Fsp3) is 0.750. The maximum absolute atomic E-state index is 11.8. The quantitative estimate of drug-likeness (QED) is 0.813. The van der Waals surface area contributed by atoms with Crippen molar-refractivity contribution in [2.45, 2.75) is 37.1 Å². The highest BCUT2D eigenvalue weighted by Crippen LogP contribution is 2.29. The molecule has 1 aliphatic carbocycles. The largest absolute Gasteiger partial charge is 0.298 e. The van der Waals surface area contributed by atoms with Gasteiger partial charge in [-0.2, -0.15) is 5.10 Å². The molecule has 102 valence electrons. The van der Waals surface area contributed by atoms with Crippen LogP contribution in [0.2, 0.25) is 0 Å². The minimum atomic E-state index is -2.95. The maximum Gasteiger partial charge on any atom is 0.151 e.